The van der Waals surface area contributed by atoms with Gasteiger partial charge in [-0.25, -0.2) is 9.79 Å². The number of hydrogen-bond donors (Lipinski definition) is 0. The van der Waals surface area contributed by atoms with Crippen LogP contribution in [-0.2, 0) is 23.2 Å². The number of nitrogens with zero attached hydrogens (tertiary/aromatic N) is 1. The molecule has 0 aromatic heterocycles. The van der Waals surface area contributed by atoms with Crippen molar-refractivity contribution in [1.82, 2.24) is 0 Å². The minimum absolute atomic E-state index is 0.154. The van der Waals surface area contributed by atoms with Crippen LogP contribution in [0.1, 0.15) is 13.8 Å². The van der Waals surface area contributed by atoms with Crippen LogP contribution >= 0.6 is 0 Å². The Morgan fingerprint density at radius 2 is 1.79 bits per heavy atom. The van der Waals surface area contributed by atoms with E-state index < -0.39 is 21.2 Å². The predicted molar refractivity (Wildman–Crippen MR) is 48.5 cm³/mol. The van der Waals surface area contributed by atoms with Gasteiger partial charge in [-0.2, -0.15) is 0 Å². The van der Waals surface area contributed by atoms with E-state index in [9.17, 15) is 14.4 Å². The number of isocyanates is 1. The highest BCUT2D eigenvalue weighted by Gasteiger charge is 2.19. The maximum atomic E-state index is 10.6. The molecule has 0 radical (unpaired) electrons. The van der Waals surface area contributed by atoms with Crippen molar-refractivity contribution in [2.75, 3.05) is 6.54 Å². The van der Waals surface area contributed by atoms with Gasteiger partial charge in [0.05, 0.1) is 6.54 Å². The lowest BCUT2D eigenvalue weighted by atomic mass is 10.8. The van der Waals surface area contributed by atoms with E-state index in [0.29, 0.717) is 0 Å². The highest BCUT2D eigenvalue weighted by Crippen LogP contribution is 1.99. The molecule has 0 aliphatic carbocycles. The van der Waals surface area contributed by atoms with Gasteiger partial charge in [0, 0.05) is 19.9 Å². The second-order valence-electron chi connectivity index (χ2n) is 2.41. The maximum absolute atomic E-state index is 10.6. The molecule has 0 bridgehead atoms. The van der Waals surface area contributed by atoms with Crippen LogP contribution in [0, 0.1) is 0 Å². The fourth-order valence-corrected chi connectivity index (χ4v) is 2.09. The molecule has 0 saturated heterocycles. The summed E-state index contributed by atoms with van der Waals surface area (Å²) in [6, 6.07) is 0.286. The van der Waals surface area contributed by atoms with Gasteiger partial charge in [-0.1, -0.05) is 0 Å². The SMILES string of the molecule is CC(=O)O[SiH](CCN=C=O)OC(C)=O. The van der Waals surface area contributed by atoms with Crippen LogP contribution in [0.5, 0.6) is 0 Å². The summed E-state index contributed by atoms with van der Waals surface area (Å²) >= 11 is 0. The average molecular weight is 217 g/mol. The molecule has 6 nitrogen and oxygen atoms in total. The Morgan fingerprint density at radius 1 is 1.29 bits per heavy atom. The Kier molecular flexibility index (Phi) is 6.26. The first-order valence-electron chi connectivity index (χ1n) is 3.94. The standard InChI is InChI=1S/C7H11NO5Si/c1-6(10)12-14(13-7(2)11)4-3-8-5-9/h14H,3-4H2,1-2H3. The Balaban J connectivity index is 4.02. The Bertz CT molecular complexity index is 245. The van der Waals surface area contributed by atoms with Gasteiger partial charge in [0.2, 0.25) is 6.08 Å². The fourth-order valence-electron chi connectivity index (χ4n) is 0.728. The molecule has 0 aliphatic rings. The quantitative estimate of drug-likeness (QED) is 0.358. The van der Waals surface area contributed by atoms with Crippen LogP contribution < -0.4 is 0 Å². The lowest BCUT2D eigenvalue weighted by Gasteiger charge is -2.12. The first-order chi connectivity index (χ1) is 6.56. The molecule has 0 fully saturated rings. The Labute approximate surface area is 82.8 Å². The van der Waals surface area contributed by atoms with Crippen molar-refractivity contribution in [3.05, 3.63) is 0 Å². The van der Waals surface area contributed by atoms with Crippen molar-refractivity contribution in [2.24, 2.45) is 4.99 Å². The van der Waals surface area contributed by atoms with Crippen molar-refractivity contribution in [3.8, 4) is 0 Å². The third-order valence-electron chi connectivity index (χ3n) is 1.14. The van der Waals surface area contributed by atoms with E-state index in [0.717, 1.165) is 0 Å². The summed E-state index contributed by atoms with van der Waals surface area (Å²) in [7, 11) is -2.35. The molecule has 0 saturated carbocycles. The number of rotatable bonds is 5. The molecule has 0 aromatic carbocycles. The first kappa shape index (κ1) is 12.5. The van der Waals surface area contributed by atoms with Gasteiger partial charge < -0.3 is 8.85 Å². The number of carbonyl (C=O) groups excluding carboxylic acids is 3. The number of hydrogen-bond acceptors (Lipinski definition) is 6. The summed E-state index contributed by atoms with van der Waals surface area (Å²) < 4.78 is 9.55. The van der Waals surface area contributed by atoms with E-state index in [-0.39, 0.29) is 12.6 Å². The van der Waals surface area contributed by atoms with Crippen LogP contribution in [0.25, 0.3) is 0 Å². The molecule has 0 aromatic rings. The van der Waals surface area contributed by atoms with Crippen molar-refractivity contribution >= 4 is 27.3 Å². The fraction of sp³-hybridized carbons (Fsp3) is 0.571. The van der Waals surface area contributed by atoms with Crippen LogP contribution in [0.3, 0.4) is 0 Å². The van der Waals surface area contributed by atoms with Gasteiger partial charge in [-0.3, -0.25) is 9.59 Å². The normalized spacial score (nSPS) is 9.07. The zero-order valence-electron chi connectivity index (χ0n) is 7.98. The predicted octanol–water partition coefficient (Wildman–Crippen LogP) is -0.331. The Morgan fingerprint density at radius 3 is 2.14 bits per heavy atom. The highest BCUT2D eigenvalue weighted by atomic mass is 28.3. The van der Waals surface area contributed by atoms with Crippen molar-refractivity contribution in [1.29, 1.82) is 0 Å². The third kappa shape index (κ3) is 7.20. The van der Waals surface area contributed by atoms with E-state index in [2.05, 4.69) is 4.99 Å². The zero-order chi connectivity index (χ0) is 11.0. The first-order valence-corrected chi connectivity index (χ1v) is 5.70. The van der Waals surface area contributed by atoms with E-state index in [4.69, 9.17) is 8.85 Å². The summed E-state index contributed by atoms with van der Waals surface area (Å²) in [6.45, 7) is 2.61. The lowest BCUT2D eigenvalue weighted by Crippen LogP contribution is -2.28. The van der Waals surface area contributed by atoms with Gasteiger partial charge in [0.15, 0.2) is 0 Å². The summed E-state index contributed by atoms with van der Waals surface area (Å²) in [5, 5.41) is 0. The van der Waals surface area contributed by atoms with Crippen LogP contribution in [0.4, 0.5) is 0 Å². The molecule has 0 amide bonds. The van der Waals surface area contributed by atoms with E-state index in [1.54, 1.807) is 0 Å². The Hall–Kier alpha value is -1.46. The third-order valence-corrected chi connectivity index (χ3v) is 3.06. The number of aliphatic imine (C=N–C) groups is 1. The van der Waals surface area contributed by atoms with Gasteiger partial charge in [-0.05, 0) is 0 Å². The van der Waals surface area contributed by atoms with Crippen LogP contribution in [0.15, 0.2) is 4.99 Å². The lowest BCUT2D eigenvalue weighted by molar-refractivity contribution is -0.137. The van der Waals surface area contributed by atoms with Crippen molar-refractivity contribution in [2.45, 2.75) is 19.9 Å². The number of carbonyl (C=O) groups is 2. The van der Waals surface area contributed by atoms with Gasteiger partial charge in [-0.15, -0.1) is 0 Å². The monoisotopic (exact) mass is 217 g/mol. The largest absolute Gasteiger partial charge is 0.487 e. The second-order valence-corrected chi connectivity index (χ2v) is 4.32. The molecule has 14 heavy (non-hydrogen) atoms. The van der Waals surface area contributed by atoms with Crippen molar-refractivity contribution in [3.63, 3.8) is 0 Å². The molecule has 0 spiro atoms. The average Bonchev–Trinajstić information content (AvgIpc) is 2.02. The smallest absolute Gasteiger partial charge is 0.449 e. The maximum Gasteiger partial charge on any atom is 0.449 e. The molecule has 0 aliphatic heterocycles. The van der Waals surface area contributed by atoms with Crippen molar-refractivity contribution < 1.29 is 23.2 Å². The molecule has 0 N–H and O–H groups in total. The minimum Gasteiger partial charge on any atom is -0.487 e. The van der Waals surface area contributed by atoms with Gasteiger partial charge >= 0.3 is 9.28 Å². The summed E-state index contributed by atoms with van der Waals surface area (Å²) in [5.41, 5.74) is 0. The van der Waals surface area contributed by atoms with Crippen LogP contribution in [-0.4, -0.2) is 33.8 Å². The molecule has 0 rings (SSSR count). The van der Waals surface area contributed by atoms with E-state index >= 15 is 0 Å². The van der Waals surface area contributed by atoms with E-state index in [1.807, 2.05) is 0 Å². The molecule has 0 unspecified atom stereocenters. The van der Waals surface area contributed by atoms with E-state index in [1.165, 1.54) is 19.9 Å². The van der Waals surface area contributed by atoms with Crippen LogP contribution in [0.2, 0.25) is 6.04 Å². The van der Waals surface area contributed by atoms with Gasteiger partial charge in [0.25, 0.3) is 11.9 Å². The molecule has 0 heterocycles. The molecular weight excluding hydrogens is 206 g/mol. The second kappa shape index (κ2) is 6.99. The molecule has 0 atom stereocenters. The zero-order valence-corrected chi connectivity index (χ0v) is 9.13. The van der Waals surface area contributed by atoms with Gasteiger partial charge in [0.1, 0.15) is 0 Å². The summed E-state index contributed by atoms with van der Waals surface area (Å²) in [5.74, 6) is -1.00. The molecule has 78 valence electrons. The highest BCUT2D eigenvalue weighted by molar-refractivity contribution is 6.48. The summed E-state index contributed by atoms with van der Waals surface area (Å²) in [4.78, 5) is 34.2. The summed E-state index contributed by atoms with van der Waals surface area (Å²) in [6.07, 6.45) is 1.35. The topological polar surface area (TPSA) is 82.0 Å². The minimum atomic E-state index is -2.35. The molecule has 7 heteroatoms. The molecular formula is C7H11NO5Si.